The molecule has 2 aromatic rings. The van der Waals surface area contributed by atoms with E-state index in [1.54, 1.807) is 4.90 Å². The van der Waals surface area contributed by atoms with Crippen LogP contribution in [0.15, 0.2) is 60.7 Å². The van der Waals surface area contributed by atoms with Gasteiger partial charge in [0, 0.05) is 25.0 Å². The van der Waals surface area contributed by atoms with E-state index in [0.29, 0.717) is 38.3 Å². The molecule has 0 saturated carbocycles. The Bertz CT molecular complexity index is 1300. The SMILES string of the molecule is CCCCN.COC(=O)C(=O)NC1CCN(C(=O)CNC(=O)C(CCc2ccccc2)CC(C)C)CC1.NC(=O)C(N)Cc1ccccc1.NC=O. The largest absolute Gasteiger partial charge is 0.462 e. The quantitative estimate of drug-likeness (QED) is 0.0939. The van der Waals surface area contributed by atoms with Crippen LogP contribution in [0.2, 0.25) is 0 Å². The Hall–Kier alpha value is -4.82. The molecule has 2 aromatic carbocycles. The normalized spacial score (nSPS) is 13.2. The summed E-state index contributed by atoms with van der Waals surface area (Å²) in [4.78, 5) is 69.0. The number of rotatable bonds is 14. The first-order valence-electron chi connectivity index (χ1n) is 17.8. The number of hydrogen-bond donors (Lipinski definition) is 6. The Morgan fingerprint density at radius 3 is 1.94 bits per heavy atom. The lowest BCUT2D eigenvalue weighted by Gasteiger charge is -2.32. The number of likely N-dealkylation sites (tertiary alicyclic amines) is 1. The van der Waals surface area contributed by atoms with E-state index in [9.17, 15) is 24.0 Å². The lowest BCUT2D eigenvalue weighted by molar-refractivity contribution is -0.153. The summed E-state index contributed by atoms with van der Waals surface area (Å²) >= 11 is 0. The third-order valence-electron chi connectivity index (χ3n) is 7.94. The highest BCUT2D eigenvalue weighted by molar-refractivity contribution is 6.32. The number of ether oxygens (including phenoxy) is 1. The van der Waals surface area contributed by atoms with E-state index in [0.717, 1.165) is 38.5 Å². The maximum atomic E-state index is 12.8. The molecular formula is C38H61N7O7. The van der Waals surface area contributed by atoms with E-state index in [1.807, 2.05) is 48.5 Å². The van der Waals surface area contributed by atoms with Gasteiger partial charge in [0.25, 0.3) is 0 Å². The lowest BCUT2D eigenvalue weighted by Crippen LogP contribution is -2.50. The number of benzene rings is 2. The van der Waals surface area contributed by atoms with Crippen molar-refractivity contribution in [2.24, 2.45) is 34.8 Å². The van der Waals surface area contributed by atoms with Crippen molar-refractivity contribution in [2.75, 3.05) is 33.3 Å². The van der Waals surface area contributed by atoms with E-state index in [1.165, 1.54) is 18.4 Å². The molecule has 1 fully saturated rings. The monoisotopic (exact) mass is 727 g/mol. The summed E-state index contributed by atoms with van der Waals surface area (Å²) in [5.74, 6) is -2.12. The van der Waals surface area contributed by atoms with Crippen molar-refractivity contribution >= 4 is 36.0 Å². The van der Waals surface area contributed by atoms with Crippen LogP contribution in [-0.2, 0) is 46.3 Å². The highest BCUT2D eigenvalue weighted by atomic mass is 16.5. The number of carbonyl (C=O) groups is 6. The van der Waals surface area contributed by atoms with E-state index in [4.69, 9.17) is 22.0 Å². The second-order valence-corrected chi connectivity index (χ2v) is 12.7. The number of amides is 5. The predicted molar refractivity (Wildman–Crippen MR) is 202 cm³/mol. The molecule has 1 aliphatic heterocycles. The minimum atomic E-state index is -0.922. The van der Waals surface area contributed by atoms with E-state index in [-0.39, 0.29) is 36.7 Å². The third-order valence-corrected chi connectivity index (χ3v) is 7.94. The van der Waals surface area contributed by atoms with Gasteiger partial charge in [-0.05, 0) is 68.5 Å². The van der Waals surface area contributed by atoms with Gasteiger partial charge in [-0.3, -0.25) is 24.0 Å². The number of nitrogens with one attached hydrogen (secondary N) is 2. The summed E-state index contributed by atoms with van der Waals surface area (Å²) in [7, 11) is 1.16. The number of nitrogens with two attached hydrogens (primary N) is 4. The smallest absolute Gasteiger partial charge is 0.396 e. The van der Waals surface area contributed by atoms with Crippen LogP contribution < -0.4 is 33.6 Å². The van der Waals surface area contributed by atoms with Crippen molar-refractivity contribution in [3.63, 3.8) is 0 Å². The summed E-state index contributed by atoms with van der Waals surface area (Å²) in [6, 6.07) is 18.9. The number of nitrogens with zero attached hydrogens (tertiary/aromatic N) is 1. The van der Waals surface area contributed by atoms with Crippen molar-refractivity contribution in [1.29, 1.82) is 0 Å². The minimum absolute atomic E-state index is 0.0298. The van der Waals surface area contributed by atoms with Crippen molar-refractivity contribution in [2.45, 2.75) is 84.2 Å². The average Bonchev–Trinajstić information content (AvgIpc) is 3.14. The highest BCUT2D eigenvalue weighted by Gasteiger charge is 2.27. The van der Waals surface area contributed by atoms with Crippen molar-refractivity contribution in [1.82, 2.24) is 15.5 Å². The molecule has 14 heteroatoms. The molecule has 52 heavy (non-hydrogen) atoms. The van der Waals surface area contributed by atoms with Crippen molar-refractivity contribution < 1.29 is 33.5 Å². The number of primary amides is 2. The number of hydrogen-bond acceptors (Lipinski definition) is 9. The molecule has 290 valence electrons. The molecule has 0 aliphatic carbocycles. The van der Waals surface area contributed by atoms with Gasteiger partial charge in [-0.1, -0.05) is 87.9 Å². The molecule has 14 nitrogen and oxygen atoms in total. The molecule has 0 spiro atoms. The van der Waals surface area contributed by atoms with Gasteiger partial charge < -0.3 is 43.2 Å². The number of unbranched alkanes of at least 4 members (excludes halogenated alkanes) is 1. The molecule has 0 radical (unpaired) electrons. The van der Waals surface area contributed by atoms with Crippen LogP contribution in [0.4, 0.5) is 0 Å². The second-order valence-electron chi connectivity index (χ2n) is 12.7. The van der Waals surface area contributed by atoms with Crippen molar-refractivity contribution in [3.8, 4) is 0 Å². The topological polar surface area (TPSA) is 243 Å². The Labute approximate surface area is 308 Å². The molecule has 1 aliphatic rings. The molecule has 0 aromatic heterocycles. The zero-order valence-corrected chi connectivity index (χ0v) is 31.3. The predicted octanol–water partition coefficient (Wildman–Crippen LogP) is 1.57. The standard InChI is InChI=1S/C24H35N3O5.C9H12N2O.C4H11N.CH3NO/c1-17(2)15-19(10-9-18-7-5-4-6-8-18)22(29)25-16-21(28)27-13-11-20(12-14-27)26-23(30)24(31)32-3;10-8(9(11)12)6-7-4-2-1-3-5-7;1-2-3-4-5;2-1-3/h4-8,17,19-20H,9-16H2,1-3H3,(H,25,29)(H,26,30);1-5,8H,6,10H2,(H2,11,12);2-5H2,1H3;1H,(H2,2,3). The van der Waals surface area contributed by atoms with E-state index >= 15 is 0 Å². The molecule has 0 bridgehead atoms. The van der Waals surface area contributed by atoms with Crippen LogP contribution in [0.3, 0.4) is 0 Å². The Balaban J connectivity index is 0.00000106. The average molecular weight is 728 g/mol. The number of methoxy groups -OCH3 is 1. The molecule has 2 unspecified atom stereocenters. The summed E-state index contributed by atoms with van der Waals surface area (Å²) in [6.07, 6.45) is 6.59. The fourth-order valence-electron chi connectivity index (χ4n) is 5.11. The number of aryl methyl sites for hydroxylation is 1. The Morgan fingerprint density at radius 2 is 1.50 bits per heavy atom. The number of esters is 1. The van der Waals surface area contributed by atoms with Crippen LogP contribution in [0, 0.1) is 11.8 Å². The van der Waals surface area contributed by atoms with Crippen molar-refractivity contribution in [3.05, 3.63) is 71.8 Å². The number of carbonyl (C=O) groups excluding carboxylic acids is 6. The molecule has 1 heterocycles. The van der Waals surface area contributed by atoms with Crippen LogP contribution >= 0.6 is 0 Å². The Morgan fingerprint density at radius 1 is 0.962 bits per heavy atom. The third kappa shape index (κ3) is 22.1. The first-order chi connectivity index (χ1) is 24.8. The summed E-state index contributed by atoms with van der Waals surface area (Å²) in [6.45, 7) is 8.06. The molecule has 3 rings (SSSR count). The van der Waals surface area contributed by atoms with Gasteiger partial charge in [-0.2, -0.15) is 0 Å². The summed E-state index contributed by atoms with van der Waals surface area (Å²) < 4.78 is 4.40. The molecule has 10 N–H and O–H groups in total. The van der Waals surface area contributed by atoms with Gasteiger partial charge in [-0.15, -0.1) is 0 Å². The van der Waals surface area contributed by atoms with E-state index in [2.05, 4.69) is 54.0 Å². The van der Waals surface area contributed by atoms with Gasteiger partial charge in [0.2, 0.25) is 24.1 Å². The van der Waals surface area contributed by atoms with Crippen LogP contribution in [0.25, 0.3) is 0 Å². The van der Waals surface area contributed by atoms with Crippen LogP contribution in [0.1, 0.15) is 70.4 Å². The first kappa shape index (κ1) is 47.2. The van der Waals surface area contributed by atoms with Gasteiger partial charge in [-0.25, -0.2) is 4.79 Å². The minimum Gasteiger partial charge on any atom is -0.462 e. The Kier molecular flexibility index (Phi) is 26.2. The van der Waals surface area contributed by atoms with Gasteiger partial charge in [0.05, 0.1) is 19.7 Å². The van der Waals surface area contributed by atoms with Crippen LogP contribution in [-0.4, -0.2) is 86.3 Å². The maximum absolute atomic E-state index is 12.8. The maximum Gasteiger partial charge on any atom is 0.396 e. The summed E-state index contributed by atoms with van der Waals surface area (Å²) in [5.41, 5.74) is 22.0. The molecule has 5 amide bonds. The molecule has 2 atom stereocenters. The van der Waals surface area contributed by atoms with Crippen LogP contribution in [0.5, 0.6) is 0 Å². The van der Waals surface area contributed by atoms with Gasteiger partial charge >= 0.3 is 11.9 Å². The molecule has 1 saturated heterocycles. The highest BCUT2D eigenvalue weighted by Crippen LogP contribution is 2.19. The van der Waals surface area contributed by atoms with E-state index < -0.39 is 23.8 Å². The first-order valence-corrected chi connectivity index (χ1v) is 17.8. The fraction of sp³-hybridized carbons (Fsp3) is 0.526. The zero-order valence-electron chi connectivity index (χ0n) is 31.3. The van der Waals surface area contributed by atoms with Gasteiger partial charge in [0.1, 0.15) is 0 Å². The zero-order chi connectivity index (χ0) is 39.3. The second kappa shape index (κ2) is 28.8. The van der Waals surface area contributed by atoms with Gasteiger partial charge in [0.15, 0.2) is 0 Å². The lowest BCUT2D eigenvalue weighted by atomic mass is 9.90. The number of piperidine rings is 1. The fourth-order valence-corrected chi connectivity index (χ4v) is 5.11. The summed E-state index contributed by atoms with van der Waals surface area (Å²) in [5, 5.41) is 5.45. The molecular weight excluding hydrogens is 666 g/mol.